The summed E-state index contributed by atoms with van der Waals surface area (Å²) in [6.45, 7) is 10.5. The average Bonchev–Trinajstić information content (AvgIpc) is 2.77. The van der Waals surface area contributed by atoms with E-state index in [1.54, 1.807) is 19.3 Å². The summed E-state index contributed by atoms with van der Waals surface area (Å²) in [5.74, 6) is 7.46. The highest BCUT2D eigenvalue weighted by Gasteiger charge is 2.77. The first-order valence-corrected chi connectivity index (χ1v) is 8.27. The van der Waals surface area contributed by atoms with Crippen LogP contribution in [0.2, 0.25) is 0 Å². The molecule has 0 aromatic rings. The van der Waals surface area contributed by atoms with Gasteiger partial charge in [0.15, 0.2) is 0 Å². The van der Waals surface area contributed by atoms with Gasteiger partial charge in [-0.05, 0) is 84.6 Å². The first-order valence-electron chi connectivity index (χ1n) is 8.27. The third kappa shape index (κ3) is 0.846. The molecule has 5 fully saturated rings. The molecule has 1 nitrogen and oxygen atoms in total. The van der Waals surface area contributed by atoms with E-state index in [2.05, 4.69) is 26.1 Å². The molecule has 5 aliphatic rings. The molecule has 1 aliphatic heterocycles. The Morgan fingerprint density at radius 1 is 0.944 bits per heavy atom. The molecule has 100 valence electrons. The van der Waals surface area contributed by atoms with E-state index >= 15 is 0 Å². The van der Waals surface area contributed by atoms with E-state index < -0.39 is 0 Å². The molecule has 4 saturated carbocycles. The molecule has 1 saturated heterocycles. The number of fused-ring (bicyclic) bond motifs is 5. The maximum Gasteiger partial charge on any atom is -0.00143 e. The second-order valence-electron chi connectivity index (χ2n) is 8.90. The van der Waals surface area contributed by atoms with Gasteiger partial charge >= 0.3 is 0 Å². The van der Waals surface area contributed by atoms with Crippen LogP contribution in [0.15, 0.2) is 0 Å². The van der Waals surface area contributed by atoms with Gasteiger partial charge in [0.2, 0.25) is 0 Å². The van der Waals surface area contributed by atoms with E-state index in [9.17, 15) is 0 Å². The molecule has 4 aliphatic carbocycles. The molecule has 1 N–H and O–H groups in total. The largest absolute Gasteiger partial charge is 0.316 e. The van der Waals surface area contributed by atoms with Crippen molar-refractivity contribution in [2.75, 3.05) is 13.1 Å². The molecule has 0 aromatic heterocycles. The summed E-state index contributed by atoms with van der Waals surface area (Å²) in [5, 5.41) is 3.74. The summed E-state index contributed by atoms with van der Waals surface area (Å²) < 4.78 is 0. The zero-order valence-corrected chi connectivity index (χ0v) is 12.1. The summed E-state index contributed by atoms with van der Waals surface area (Å²) in [4.78, 5) is 0. The third-order valence-electron chi connectivity index (χ3n) is 8.82. The maximum absolute atomic E-state index is 3.74. The lowest BCUT2D eigenvalue weighted by Gasteiger charge is -2.77. The van der Waals surface area contributed by atoms with Crippen molar-refractivity contribution >= 4 is 0 Å². The van der Waals surface area contributed by atoms with Gasteiger partial charge in [-0.2, -0.15) is 0 Å². The quantitative estimate of drug-likeness (QED) is 0.691. The van der Waals surface area contributed by atoms with Crippen LogP contribution in [-0.2, 0) is 0 Å². The standard InChI is InChI=1S/C17H27N/c1-9-4-10-13-5-16(2)6-14(17(13,16)3)11-7-18-8-12(11)15(9)10/h9-15,18H,4-8H2,1-3H3/t9-,10?,11?,12?,13?,14-,15-,16?,17?/m0/s1. The zero-order chi connectivity index (χ0) is 12.3. The molecule has 6 unspecified atom stereocenters. The van der Waals surface area contributed by atoms with Gasteiger partial charge in [-0.3, -0.25) is 0 Å². The van der Waals surface area contributed by atoms with E-state index in [4.69, 9.17) is 0 Å². The van der Waals surface area contributed by atoms with Gasteiger partial charge in [0.05, 0.1) is 0 Å². The van der Waals surface area contributed by atoms with Crippen LogP contribution in [0.1, 0.15) is 40.0 Å². The van der Waals surface area contributed by atoms with Crippen LogP contribution in [0.25, 0.3) is 0 Å². The van der Waals surface area contributed by atoms with E-state index in [1.165, 1.54) is 13.1 Å². The maximum atomic E-state index is 3.74. The molecular weight excluding hydrogens is 218 g/mol. The summed E-state index contributed by atoms with van der Waals surface area (Å²) in [7, 11) is 0. The zero-order valence-electron chi connectivity index (χ0n) is 12.1. The molecule has 0 bridgehead atoms. The predicted molar refractivity (Wildman–Crippen MR) is 73.0 cm³/mol. The molecule has 18 heavy (non-hydrogen) atoms. The van der Waals surface area contributed by atoms with Gasteiger partial charge in [0.1, 0.15) is 0 Å². The molecule has 0 amide bonds. The molecule has 5 rings (SSSR count). The van der Waals surface area contributed by atoms with Gasteiger partial charge in [0.25, 0.3) is 0 Å². The monoisotopic (exact) mass is 245 g/mol. The Morgan fingerprint density at radius 3 is 2.28 bits per heavy atom. The van der Waals surface area contributed by atoms with Crippen molar-refractivity contribution in [3.63, 3.8) is 0 Å². The molecule has 1 heteroatoms. The van der Waals surface area contributed by atoms with Crippen LogP contribution in [0.5, 0.6) is 0 Å². The van der Waals surface area contributed by atoms with Crippen molar-refractivity contribution in [3.05, 3.63) is 0 Å². The van der Waals surface area contributed by atoms with Crippen molar-refractivity contribution in [3.8, 4) is 0 Å². The van der Waals surface area contributed by atoms with Gasteiger partial charge in [0, 0.05) is 0 Å². The Labute approximate surface area is 111 Å². The van der Waals surface area contributed by atoms with Crippen molar-refractivity contribution in [1.29, 1.82) is 0 Å². The Hall–Kier alpha value is -0.0400. The minimum absolute atomic E-state index is 0.738. The van der Waals surface area contributed by atoms with Gasteiger partial charge < -0.3 is 5.32 Å². The number of hydrogen-bond acceptors (Lipinski definition) is 1. The summed E-state index contributed by atoms with van der Waals surface area (Å²) in [6, 6.07) is 0. The van der Waals surface area contributed by atoms with Crippen molar-refractivity contribution in [2.45, 2.75) is 40.0 Å². The number of hydrogen-bond donors (Lipinski definition) is 1. The minimum Gasteiger partial charge on any atom is -0.316 e. The van der Waals surface area contributed by atoms with Crippen molar-refractivity contribution in [1.82, 2.24) is 5.32 Å². The Kier molecular flexibility index (Phi) is 1.69. The Balaban J connectivity index is 1.60. The smallest absolute Gasteiger partial charge is 0.00143 e. The van der Waals surface area contributed by atoms with Crippen LogP contribution < -0.4 is 5.32 Å². The average molecular weight is 245 g/mol. The second kappa shape index (κ2) is 2.85. The number of nitrogens with one attached hydrogen (secondary N) is 1. The highest BCUT2D eigenvalue weighted by atomic mass is 15.0. The molecular formula is C17H27N. The van der Waals surface area contributed by atoms with E-state index in [1.807, 2.05) is 0 Å². The number of rotatable bonds is 0. The van der Waals surface area contributed by atoms with Crippen LogP contribution in [-0.4, -0.2) is 13.1 Å². The molecule has 1 heterocycles. The molecule has 0 radical (unpaired) electrons. The lowest BCUT2D eigenvalue weighted by Crippen LogP contribution is -2.71. The predicted octanol–water partition coefficient (Wildman–Crippen LogP) is 3.16. The van der Waals surface area contributed by atoms with Crippen LogP contribution in [0.4, 0.5) is 0 Å². The van der Waals surface area contributed by atoms with E-state index in [-0.39, 0.29) is 0 Å². The first-order chi connectivity index (χ1) is 8.56. The third-order valence-corrected chi connectivity index (χ3v) is 8.82. The Morgan fingerprint density at radius 2 is 1.61 bits per heavy atom. The summed E-state index contributed by atoms with van der Waals surface area (Å²) >= 11 is 0. The van der Waals surface area contributed by atoms with Crippen LogP contribution >= 0.6 is 0 Å². The second-order valence-corrected chi connectivity index (χ2v) is 8.90. The molecule has 0 spiro atoms. The fourth-order valence-electron chi connectivity index (χ4n) is 7.74. The summed E-state index contributed by atoms with van der Waals surface area (Å²) in [5.41, 5.74) is 1.48. The van der Waals surface area contributed by atoms with E-state index in [0.29, 0.717) is 0 Å². The lowest BCUT2D eigenvalue weighted by atomic mass is 9.27. The molecule has 0 aromatic carbocycles. The fourth-order valence-corrected chi connectivity index (χ4v) is 7.74. The highest BCUT2D eigenvalue weighted by Crippen LogP contribution is 2.83. The van der Waals surface area contributed by atoms with Gasteiger partial charge in [-0.15, -0.1) is 0 Å². The summed E-state index contributed by atoms with van der Waals surface area (Å²) in [6.07, 6.45) is 4.67. The van der Waals surface area contributed by atoms with Crippen molar-refractivity contribution < 1.29 is 0 Å². The lowest BCUT2D eigenvalue weighted by molar-refractivity contribution is -0.286. The van der Waals surface area contributed by atoms with E-state index in [0.717, 1.165) is 52.3 Å². The minimum atomic E-state index is 0.738. The van der Waals surface area contributed by atoms with Crippen LogP contribution in [0.3, 0.4) is 0 Å². The SMILES string of the molecule is C[C@H]1CC2C3CC4(C)C[C@@H](C5CNCC5[C@H]21)C34C. The molecule has 9 atom stereocenters. The normalized spacial score (nSPS) is 71.8. The highest BCUT2D eigenvalue weighted by molar-refractivity contribution is 5.25. The van der Waals surface area contributed by atoms with Gasteiger partial charge in [-0.1, -0.05) is 20.8 Å². The first kappa shape index (κ1) is 10.7. The Bertz CT molecular complexity index is 416. The van der Waals surface area contributed by atoms with Crippen molar-refractivity contribution in [2.24, 2.45) is 52.3 Å². The topological polar surface area (TPSA) is 12.0 Å². The fraction of sp³-hybridized carbons (Fsp3) is 1.00. The van der Waals surface area contributed by atoms with Gasteiger partial charge in [-0.25, -0.2) is 0 Å². The van der Waals surface area contributed by atoms with Crippen LogP contribution in [0, 0.1) is 52.3 Å².